The number of esters is 1. The summed E-state index contributed by atoms with van der Waals surface area (Å²) in [6.07, 6.45) is 0.160. The summed E-state index contributed by atoms with van der Waals surface area (Å²) in [5.41, 5.74) is 0.546. The van der Waals surface area contributed by atoms with Gasteiger partial charge < -0.3 is 9.84 Å². The van der Waals surface area contributed by atoms with Gasteiger partial charge in [-0.25, -0.2) is 9.59 Å². The van der Waals surface area contributed by atoms with E-state index in [-0.39, 0.29) is 6.42 Å². The van der Waals surface area contributed by atoms with E-state index in [4.69, 9.17) is 9.84 Å². The van der Waals surface area contributed by atoms with Crippen LogP contribution >= 0.6 is 0 Å². The number of aliphatic carboxylic acids is 1. The normalized spacial score (nSPS) is 11.9. The lowest BCUT2D eigenvalue weighted by atomic mass is 10.0. The zero-order valence-electron chi connectivity index (χ0n) is 11.3. The SMILES string of the molecule is CC(=O)C(=O)CC(OC(=O)/C=C\C(=O)O)c1ccccc1. The van der Waals surface area contributed by atoms with Gasteiger partial charge in [-0.05, 0) is 5.56 Å². The molecule has 1 aromatic rings. The Balaban J connectivity index is 2.87. The van der Waals surface area contributed by atoms with Gasteiger partial charge in [0.2, 0.25) is 5.78 Å². The highest BCUT2D eigenvalue weighted by Crippen LogP contribution is 2.22. The van der Waals surface area contributed by atoms with Gasteiger partial charge in [0, 0.05) is 19.1 Å². The summed E-state index contributed by atoms with van der Waals surface area (Å²) in [6.45, 7) is 1.14. The van der Waals surface area contributed by atoms with Gasteiger partial charge in [0.1, 0.15) is 6.10 Å². The number of hydrogen-bond donors (Lipinski definition) is 1. The lowest BCUT2D eigenvalue weighted by Gasteiger charge is -2.16. The van der Waals surface area contributed by atoms with Crippen molar-refractivity contribution in [2.24, 2.45) is 0 Å². The molecule has 0 radical (unpaired) electrons. The maximum Gasteiger partial charge on any atom is 0.331 e. The fraction of sp³-hybridized carbons (Fsp3) is 0.200. The van der Waals surface area contributed by atoms with Crippen molar-refractivity contribution < 1.29 is 29.0 Å². The van der Waals surface area contributed by atoms with Gasteiger partial charge in [0.05, 0.1) is 6.42 Å². The molecule has 1 N–H and O–H groups in total. The Morgan fingerprint density at radius 1 is 1.14 bits per heavy atom. The van der Waals surface area contributed by atoms with Crippen LogP contribution in [0.1, 0.15) is 25.0 Å². The van der Waals surface area contributed by atoms with Gasteiger partial charge >= 0.3 is 11.9 Å². The number of hydrogen-bond acceptors (Lipinski definition) is 5. The smallest absolute Gasteiger partial charge is 0.331 e. The first-order chi connectivity index (χ1) is 9.90. The first-order valence-corrected chi connectivity index (χ1v) is 6.10. The van der Waals surface area contributed by atoms with Crippen molar-refractivity contribution in [2.75, 3.05) is 0 Å². The molecular formula is C15H14O6. The van der Waals surface area contributed by atoms with Crippen LogP contribution in [0, 0.1) is 0 Å². The number of carbonyl (C=O) groups is 4. The summed E-state index contributed by atoms with van der Waals surface area (Å²) >= 11 is 0. The fourth-order valence-corrected chi connectivity index (χ4v) is 1.53. The molecule has 0 saturated carbocycles. The van der Waals surface area contributed by atoms with Crippen LogP contribution in [0.5, 0.6) is 0 Å². The van der Waals surface area contributed by atoms with E-state index in [1.54, 1.807) is 30.3 Å². The second-order valence-corrected chi connectivity index (χ2v) is 4.19. The largest absolute Gasteiger partial charge is 0.478 e. The van der Waals surface area contributed by atoms with E-state index in [0.29, 0.717) is 11.6 Å². The number of benzene rings is 1. The van der Waals surface area contributed by atoms with Gasteiger partial charge in [-0.15, -0.1) is 0 Å². The van der Waals surface area contributed by atoms with E-state index in [1.807, 2.05) is 0 Å². The second-order valence-electron chi connectivity index (χ2n) is 4.19. The Morgan fingerprint density at radius 3 is 2.29 bits per heavy atom. The van der Waals surface area contributed by atoms with Gasteiger partial charge in [-0.2, -0.15) is 0 Å². The molecule has 0 aromatic heterocycles. The van der Waals surface area contributed by atoms with E-state index in [0.717, 1.165) is 13.0 Å². The van der Waals surface area contributed by atoms with Crippen molar-refractivity contribution in [3.8, 4) is 0 Å². The van der Waals surface area contributed by atoms with Crippen molar-refractivity contribution in [1.29, 1.82) is 0 Å². The maximum absolute atomic E-state index is 11.5. The van der Waals surface area contributed by atoms with E-state index < -0.39 is 29.6 Å². The fourth-order valence-electron chi connectivity index (χ4n) is 1.53. The quantitative estimate of drug-likeness (QED) is 0.464. The molecule has 1 rings (SSSR count). The lowest BCUT2D eigenvalue weighted by Crippen LogP contribution is -2.18. The Bertz CT molecular complexity index is 573. The number of carbonyl (C=O) groups excluding carboxylic acids is 3. The molecule has 110 valence electrons. The van der Waals surface area contributed by atoms with Crippen LogP contribution < -0.4 is 0 Å². The zero-order chi connectivity index (χ0) is 15.8. The van der Waals surface area contributed by atoms with Crippen LogP contribution in [0.15, 0.2) is 42.5 Å². The number of Topliss-reactive ketones (excluding diaryl/α,β-unsaturated/α-hetero) is 2. The molecule has 6 heteroatoms. The molecule has 1 aromatic carbocycles. The Kier molecular flexibility index (Phi) is 6.00. The monoisotopic (exact) mass is 290 g/mol. The van der Waals surface area contributed by atoms with Crippen LogP contribution in [0.2, 0.25) is 0 Å². The van der Waals surface area contributed by atoms with Crippen molar-refractivity contribution in [1.82, 2.24) is 0 Å². The first-order valence-electron chi connectivity index (χ1n) is 6.10. The van der Waals surface area contributed by atoms with Crippen molar-refractivity contribution in [3.05, 3.63) is 48.0 Å². The van der Waals surface area contributed by atoms with Gasteiger partial charge in [-0.1, -0.05) is 30.3 Å². The van der Waals surface area contributed by atoms with Crippen molar-refractivity contribution in [2.45, 2.75) is 19.4 Å². The topological polar surface area (TPSA) is 97.7 Å². The van der Waals surface area contributed by atoms with Gasteiger partial charge in [-0.3, -0.25) is 9.59 Å². The highest BCUT2D eigenvalue weighted by molar-refractivity contribution is 6.36. The molecule has 1 unspecified atom stereocenters. The Hall–Kier alpha value is -2.76. The highest BCUT2D eigenvalue weighted by atomic mass is 16.5. The summed E-state index contributed by atoms with van der Waals surface area (Å²) in [5, 5.41) is 8.44. The highest BCUT2D eigenvalue weighted by Gasteiger charge is 2.21. The molecule has 0 aliphatic heterocycles. The van der Waals surface area contributed by atoms with Crippen LogP contribution in [0.4, 0.5) is 0 Å². The third-order valence-electron chi connectivity index (χ3n) is 2.56. The molecule has 0 aliphatic carbocycles. The molecule has 21 heavy (non-hydrogen) atoms. The summed E-state index contributed by atoms with van der Waals surface area (Å²) in [6, 6.07) is 8.43. The molecule has 0 saturated heterocycles. The standard InChI is InChI=1S/C15H14O6/c1-10(16)12(17)9-13(11-5-3-2-4-6-11)21-15(20)8-7-14(18)19/h2-8,13H,9H2,1H3,(H,18,19)/b8-7-. The average Bonchev–Trinajstić information content (AvgIpc) is 2.45. The molecule has 0 bridgehead atoms. The van der Waals surface area contributed by atoms with Gasteiger partial charge in [0.25, 0.3) is 0 Å². The van der Waals surface area contributed by atoms with Crippen LogP contribution in [0.25, 0.3) is 0 Å². The third kappa shape index (κ3) is 5.82. The molecule has 0 heterocycles. The van der Waals surface area contributed by atoms with Crippen molar-refractivity contribution >= 4 is 23.5 Å². The Morgan fingerprint density at radius 2 is 1.76 bits per heavy atom. The van der Waals surface area contributed by atoms with Crippen LogP contribution in [-0.2, 0) is 23.9 Å². The molecule has 0 fully saturated rings. The number of carboxylic acid groups (broad SMARTS) is 1. The predicted molar refractivity (Wildman–Crippen MR) is 72.4 cm³/mol. The minimum atomic E-state index is -1.29. The minimum absolute atomic E-state index is 0.286. The Labute approximate surface area is 121 Å². The number of rotatable bonds is 7. The first kappa shape index (κ1) is 16.3. The van der Waals surface area contributed by atoms with Crippen molar-refractivity contribution in [3.63, 3.8) is 0 Å². The average molecular weight is 290 g/mol. The zero-order valence-corrected chi connectivity index (χ0v) is 11.3. The van der Waals surface area contributed by atoms with Crippen LogP contribution in [-0.4, -0.2) is 28.6 Å². The number of carboxylic acids is 1. The molecular weight excluding hydrogens is 276 g/mol. The molecule has 0 amide bonds. The third-order valence-corrected chi connectivity index (χ3v) is 2.56. The molecule has 1 atom stereocenters. The number of ketones is 2. The van der Waals surface area contributed by atoms with Crippen LogP contribution in [0.3, 0.4) is 0 Å². The van der Waals surface area contributed by atoms with E-state index in [1.165, 1.54) is 0 Å². The predicted octanol–water partition coefficient (Wildman–Crippen LogP) is 1.46. The second kappa shape index (κ2) is 7.74. The van der Waals surface area contributed by atoms with Gasteiger partial charge in [0.15, 0.2) is 5.78 Å². The van der Waals surface area contributed by atoms with E-state index in [2.05, 4.69) is 0 Å². The van der Waals surface area contributed by atoms with E-state index in [9.17, 15) is 19.2 Å². The van der Waals surface area contributed by atoms with E-state index >= 15 is 0 Å². The number of ether oxygens (including phenoxy) is 1. The lowest BCUT2D eigenvalue weighted by molar-refractivity contribution is -0.147. The molecule has 6 nitrogen and oxygen atoms in total. The molecule has 0 spiro atoms. The summed E-state index contributed by atoms with van der Waals surface area (Å²) < 4.78 is 5.05. The molecule has 0 aliphatic rings. The maximum atomic E-state index is 11.5. The summed E-state index contributed by atoms with van der Waals surface area (Å²) in [5.74, 6) is -3.49. The summed E-state index contributed by atoms with van der Waals surface area (Å²) in [7, 11) is 0. The minimum Gasteiger partial charge on any atom is -0.478 e. The summed E-state index contributed by atoms with van der Waals surface area (Å²) in [4.78, 5) is 44.4.